The van der Waals surface area contributed by atoms with Crippen molar-refractivity contribution < 1.29 is 18.7 Å². The van der Waals surface area contributed by atoms with Crippen molar-refractivity contribution in [2.24, 2.45) is 0 Å². The maximum Gasteiger partial charge on any atom is 0.376 e. The van der Waals surface area contributed by atoms with Crippen LogP contribution in [0.15, 0.2) is 59.0 Å². The Hall–Kier alpha value is -3.12. The van der Waals surface area contributed by atoms with E-state index in [1.807, 2.05) is 54.6 Å². The van der Waals surface area contributed by atoms with Gasteiger partial charge in [-0.2, -0.15) is 0 Å². The van der Waals surface area contributed by atoms with E-state index in [4.69, 9.17) is 13.9 Å². The number of methoxy groups -OCH3 is 1. The average molecular weight is 378 g/mol. The van der Waals surface area contributed by atoms with Crippen LogP contribution >= 0.6 is 0 Å². The molecule has 28 heavy (non-hydrogen) atoms. The summed E-state index contributed by atoms with van der Waals surface area (Å²) in [5.41, 5.74) is 1.29. The molecule has 1 fully saturated rings. The van der Waals surface area contributed by atoms with Crippen LogP contribution in [0.3, 0.4) is 0 Å². The fourth-order valence-corrected chi connectivity index (χ4v) is 3.31. The number of aromatic nitrogens is 1. The summed E-state index contributed by atoms with van der Waals surface area (Å²) in [6.45, 7) is 1.84. The van der Waals surface area contributed by atoms with Crippen molar-refractivity contribution in [2.75, 3.05) is 20.2 Å². The van der Waals surface area contributed by atoms with E-state index in [0.29, 0.717) is 17.3 Å². The van der Waals surface area contributed by atoms with Crippen LogP contribution in [0, 0.1) is 0 Å². The minimum atomic E-state index is -0.521. The number of piperidine rings is 1. The van der Waals surface area contributed by atoms with E-state index in [9.17, 15) is 4.79 Å². The number of hydrogen-bond donors (Lipinski definition) is 1. The minimum absolute atomic E-state index is 0.146. The Bertz CT molecular complexity index is 929. The summed E-state index contributed by atoms with van der Waals surface area (Å²) in [5, 5.41) is 3.32. The zero-order chi connectivity index (χ0) is 19.3. The second kappa shape index (κ2) is 8.27. The molecule has 6 nitrogen and oxygen atoms in total. The largest absolute Gasteiger partial charge is 0.463 e. The van der Waals surface area contributed by atoms with Gasteiger partial charge in [-0.15, -0.1) is 0 Å². The quantitative estimate of drug-likeness (QED) is 0.664. The Balaban J connectivity index is 1.61. The van der Waals surface area contributed by atoms with Gasteiger partial charge in [-0.05, 0) is 62.3 Å². The molecular weight excluding hydrogens is 356 g/mol. The molecule has 1 aromatic heterocycles. The van der Waals surface area contributed by atoms with Gasteiger partial charge in [0.25, 0.3) is 0 Å². The van der Waals surface area contributed by atoms with Gasteiger partial charge in [0.1, 0.15) is 17.2 Å². The summed E-state index contributed by atoms with van der Waals surface area (Å²) in [7, 11) is 1.34. The van der Waals surface area contributed by atoms with Crippen molar-refractivity contribution in [1.29, 1.82) is 0 Å². The van der Waals surface area contributed by atoms with Crippen LogP contribution in [0.4, 0.5) is 0 Å². The van der Waals surface area contributed by atoms with E-state index >= 15 is 0 Å². The lowest BCUT2D eigenvalue weighted by molar-refractivity contribution is 0.0563. The smallest absolute Gasteiger partial charge is 0.376 e. The Labute approximate surface area is 163 Å². The van der Waals surface area contributed by atoms with Gasteiger partial charge in [-0.3, -0.25) is 0 Å². The van der Waals surface area contributed by atoms with Crippen LogP contribution in [0.2, 0.25) is 0 Å². The van der Waals surface area contributed by atoms with E-state index in [-0.39, 0.29) is 11.7 Å². The molecule has 0 atom stereocenters. The molecule has 2 aromatic carbocycles. The van der Waals surface area contributed by atoms with Gasteiger partial charge in [0.15, 0.2) is 5.89 Å². The maximum atomic E-state index is 12.2. The normalized spacial score (nSPS) is 14.6. The average Bonchev–Trinajstić information content (AvgIpc) is 3.21. The van der Waals surface area contributed by atoms with Crippen molar-refractivity contribution in [3.8, 4) is 22.8 Å². The fraction of sp³-hybridized carbons (Fsp3) is 0.273. The van der Waals surface area contributed by atoms with Crippen LogP contribution in [0.5, 0.6) is 11.5 Å². The fourth-order valence-electron chi connectivity index (χ4n) is 3.31. The second-order valence-electron chi connectivity index (χ2n) is 6.69. The number of hydrogen-bond acceptors (Lipinski definition) is 6. The molecule has 1 saturated heterocycles. The minimum Gasteiger partial charge on any atom is -0.463 e. The molecule has 1 aliphatic rings. The molecule has 2 heterocycles. The summed E-state index contributed by atoms with van der Waals surface area (Å²) in [5.74, 6) is 1.90. The molecule has 0 spiro atoms. The van der Waals surface area contributed by atoms with Crippen LogP contribution in [0.25, 0.3) is 11.3 Å². The Morgan fingerprint density at radius 2 is 1.71 bits per heavy atom. The lowest BCUT2D eigenvalue weighted by Gasteiger charge is -2.19. The van der Waals surface area contributed by atoms with Gasteiger partial charge in [0, 0.05) is 11.5 Å². The summed E-state index contributed by atoms with van der Waals surface area (Å²) in [6, 6.07) is 17.0. The molecule has 1 aliphatic heterocycles. The topological polar surface area (TPSA) is 73.6 Å². The first-order valence-corrected chi connectivity index (χ1v) is 9.37. The van der Waals surface area contributed by atoms with Crippen molar-refractivity contribution in [2.45, 2.75) is 18.8 Å². The molecule has 0 amide bonds. The number of nitrogens with one attached hydrogen (secondary N) is 1. The first kappa shape index (κ1) is 18.3. The highest BCUT2D eigenvalue weighted by molar-refractivity contribution is 5.93. The summed E-state index contributed by atoms with van der Waals surface area (Å²) in [6.07, 6.45) is 1.87. The van der Waals surface area contributed by atoms with Crippen LogP contribution in [-0.2, 0) is 4.74 Å². The first-order valence-electron chi connectivity index (χ1n) is 9.37. The van der Waals surface area contributed by atoms with Crippen LogP contribution in [0.1, 0.15) is 35.2 Å². The van der Waals surface area contributed by atoms with Gasteiger partial charge in [0.05, 0.1) is 7.11 Å². The number of carbonyl (C=O) groups is 1. The number of benzene rings is 2. The van der Waals surface area contributed by atoms with Gasteiger partial charge in [-0.1, -0.05) is 18.2 Å². The number of rotatable bonds is 5. The number of oxazole rings is 1. The lowest BCUT2D eigenvalue weighted by Crippen LogP contribution is -2.26. The zero-order valence-corrected chi connectivity index (χ0v) is 15.7. The molecule has 0 radical (unpaired) electrons. The van der Waals surface area contributed by atoms with Crippen molar-refractivity contribution in [1.82, 2.24) is 10.3 Å². The number of esters is 1. The molecule has 4 rings (SSSR count). The third-order valence-electron chi connectivity index (χ3n) is 4.81. The molecule has 0 saturated carbocycles. The Morgan fingerprint density at radius 1 is 1.04 bits per heavy atom. The lowest BCUT2D eigenvalue weighted by atomic mass is 9.98. The van der Waals surface area contributed by atoms with Crippen molar-refractivity contribution >= 4 is 5.97 Å². The predicted octanol–water partition coefficient (Wildman–Crippen LogP) is 4.39. The molecule has 1 N–H and O–H groups in total. The monoisotopic (exact) mass is 378 g/mol. The first-order chi connectivity index (χ1) is 13.7. The molecule has 0 unspecified atom stereocenters. The third-order valence-corrected chi connectivity index (χ3v) is 4.81. The van der Waals surface area contributed by atoms with Gasteiger partial charge < -0.3 is 19.2 Å². The van der Waals surface area contributed by atoms with E-state index in [1.54, 1.807) is 0 Å². The Kier molecular flexibility index (Phi) is 5.39. The van der Waals surface area contributed by atoms with E-state index < -0.39 is 5.97 Å². The number of para-hydroxylation sites is 1. The molecule has 3 aromatic rings. The zero-order valence-electron chi connectivity index (χ0n) is 15.7. The second-order valence-corrected chi connectivity index (χ2v) is 6.69. The van der Waals surface area contributed by atoms with Gasteiger partial charge >= 0.3 is 5.97 Å². The number of carbonyl (C=O) groups excluding carboxylic acids is 1. The highest BCUT2D eigenvalue weighted by Gasteiger charge is 2.27. The maximum absolute atomic E-state index is 12.2. The van der Waals surface area contributed by atoms with E-state index in [2.05, 4.69) is 10.3 Å². The molecule has 6 heteroatoms. The molecule has 144 valence electrons. The highest BCUT2D eigenvalue weighted by Crippen LogP contribution is 2.32. The summed E-state index contributed by atoms with van der Waals surface area (Å²) in [4.78, 5) is 16.9. The predicted molar refractivity (Wildman–Crippen MR) is 105 cm³/mol. The highest BCUT2D eigenvalue weighted by atomic mass is 16.5. The van der Waals surface area contributed by atoms with Crippen LogP contribution in [-0.4, -0.2) is 31.2 Å². The molecular formula is C22H22N2O4. The molecule has 0 bridgehead atoms. The van der Waals surface area contributed by atoms with Gasteiger partial charge in [0.2, 0.25) is 5.76 Å². The SMILES string of the molecule is COC(=O)c1oc(C2CCNCC2)nc1-c1ccc(Oc2ccccc2)cc1. The van der Waals surface area contributed by atoms with E-state index in [1.165, 1.54) is 7.11 Å². The van der Waals surface area contributed by atoms with E-state index in [0.717, 1.165) is 37.2 Å². The van der Waals surface area contributed by atoms with Crippen molar-refractivity contribution in [3.63, 3.8) is 0 Å². The summed E-state index contributed by atoms with van der Waals surface area (Å²) < 4.78 is 16.6. The summed E-state index contributed by atoms with van der Waals surface area (Å²) >= 11 is 0. The Morgan fingerprint density at radius 3 is 2.39 bits per heavy atom. The van der Waals surface area contributed by atoms with Crippen LogP contribution < -0.4 is 10.1 Å². The third kappa shape index (κ3) is 3.92. The molecule has 0 aliphatic carbocycles. The van der Waals surface area contributed by atoms with Gasteiger partial charge in [-0.25, -0.2) is 9.78 Å². The number of ether oxygens (including phenoxy) is 2. The van der Waals surface area contributed by atoms with Crippen molar-refractivity contribution in [3.05, 3.63) is 66.2 Å². The standard InChI is InChI=1S/C22H22N2O4/c1-26-22(25)20-19(24-21(28-20)16-11-13-23-14-12-16)15-7-9-18(10-8-15)27-17-5-3-2-4-6-17/h2-10,16,23H,11-14H2,1H3. The number of nitrogens with zero attached hydrogens (tertiary/aromatic N) is 1.